The zero-order valence-electron chi connectivity index (χ0n) is 16.8. The van der Waals surface area contributed by atoms with Crippen molar-refractivity contribution in [3.05, 3.63) is 36.9 Å². The SMILES string of the molecule is C=CC(=O)Oc1ccc(OC(=O)C(=C)C)c(OCC)c1OCC.OCC(O)CO. The first kappa shape index (κ1) is 26.1. The van der Waals surface area contributed by atoms with Crippen LogP contribution in [0.25, 0.3) is 0 Å². The highest BCUT2D eigenvalue weighted by Crippen LogP contribution is 2.45. The Morgan fingerprint density at radius 3 is 1.79 bits per heavy atom. The molecule has 0 aliphatic carbocycles. The van der Waals surface area contributed by atoms with E-state index in [0.717, 1.165) is 6.08 Å². The summed E-state index contributed by atoms with van der Waals surface area (Å²) in [5.74, 6) is -0.573. The molecule has 3 N–H and O–H groups in total. The number of aliphatic hydroxyl groups excluding tert-OH is 3. The first-order valence-corrected chi connectivity index (χ1v) is 8.79. The van der Waals surface area contributed by atoms with Crippen LogP contribution < -0.4 is 18.9 Å². The summed E-state index contributed by atoms with van der Waals surface area (Å²) in [5, 5.41) is 24.0. The number of hydrogen-bond acceptors (Lipinski definition) is 9. The Morgan fingerprint density at radius 2 is 1.48 bits per heavy atom. The summed E-state index contributed by atoms with van der Waals surface area (Å²) in [4.78, 5) is 23.2. The van der Waals surface area contributed by atoms with Gasteiger partial charge in [0.25, 0.3) is 0 Å². The molecular formula is C20H28O9. The third kappa shape index (κ3) is 9.24. The molecule has 1 aromatic rings. The van der Waals surface area contributed by atoms with Crippen LogP contribution in [0.5, 0.6) is 23.0 Å². The molecule has 0 atom stereocenters. The van der Waals surface area contributed by atoms with Gasteiger partial charge in [-0.05, 0) is 32.9 Å². The third-order valence-electron chi connectivity index (χ3n) is 2.97. The maximum Gasteiger partial charge on any atom is 0.338 e. The van der Waals surface area contributed by atoms with E-state index in [9.17, 15) is 9.59 Å². The van der Waals surface area contributed by atoms with Crippen LogP contribution in [0.3, 0.4) is 0 Å². The molecule has 0 saturated heterocycles. The lowest BCUT2D eigenvalue weighted by Crippen LogP contribution is -2.15. The van der Waals surface area contributed by atoms with Crippen LogP contribution in [-0.4, -0.2) is 59.8 Å². The minimum absolute atomic E-state index is 0.148. The Hall–Kier alpha value is -2.88. The van der Waals surface area contributed by atoms with Crippen LogP contribution in [0.15, 0.2) is 36.9 Å². The van der Waals surface area contributed by atoms with Gasteiger partial charge in [-0.2, -0.15) is 0 Å². The second-order valence-corrected chi connectivity index (χ2v) is 5.40. The Balaban J connectivity index is 0.00000113. The van der Waals surface area contributed by atoms with Gasteiger partial charge in [-0.1, -0.05) is 13.2 Å². The third-order valence-corrected chi connectivity index (χ3v) is 2.97. The van der Waals surface area contributed by atoms with Crippen molar-refractivity contribution >= 4 is 11.9 Å². The van der Waals surface area contributed by atoms with Crippen molar-refractivity contribution in [2.45, 2.75) is 26.9 Å². The average Bonchev–Trinajstić information content (AvgIpc) is 2.71. The highest BCUT2D eigenvalue weighted by Gasteiger charge is 2.22. The van der Waals surface area contributed by atoms with Crippen molar-refractivity contribution in [1.29, 1.82) is 0 Å². The second-order valence-electron chi connectivity index (χ2n) is 5.40. The van der Waals surface area contributed by atoms with Gasteiger partial charge in [-0.3, -0.25) is 0 Å². The molecule has 0 aliphatic rings. The molecule has 1 rings (SSSR count). The quantitative estimate of drug-likeness (QED) is 0.296. The van der Waals surface area contributed by atoms with Gasteiger partial charge in [0.15, 0.2) is 11.5 Å². The van der Waals surface area contributed by atoms with Gasteiger partial charge < -0.3 is 34.3 Å². The van der Waals surface area contributed by atoms with Crippen LogP contribution in [0.2, 0.25) is 0 Å². The molecule has 0 bridgehead atoms. The fourth-order valence-corrected chi connectivity index (χ4v) is 1.64. The first-order chi connectivity index (χ1) is 13.7. The number of carbonyl (C=O) groups is 2. The molecule has 0 spiro atoms. The van der Waals surface area contributed by atoms with Crippen LogP contribution in [0.4, 0.5) is 0 Å². The Labute approximate surface area is 169 Å². The summed E-state index contributed by atoms with van der Waals surface area (Å²) in [6.07, 6.45) is 0.0791. The van der Waals surface area contributed by atoms with Crippen molar-refractivity contribution < 1.29 is 43.9 Å². The predicted molar refractivity (Wildman–Crippen MR) is 105 cm³/mol. The lowest BCUT2D eigenvalue weighted by Gasteiger charge is -2.17. The van der Waals surface area contributed by atoms with Crippen molar-refractivity contribution in [3.8, 4) is 23.0 Å². The van der Waals surface area contributed by atoms with Crippen LogP contribution in [-0.2, 0) is 9.59 Å². The minimum Gasteiger partial charge on any atom is -0.487 e. The number of hydrogen-bond donors (Lipinski definition) is 3. The molecular weight excluding hydrogens is 384 g/mol. The molecule has 0 radical (unpaired) electrons. The molecule has 9 nitrogen and oxygen atoms in total. The van der Waals surface area contributed by atoms with E-state index in [0.29, 0.717) is 13.2 Å². The van der Waals surface area contributed by atoms with E-state index in [4.69, 9.17) is 34.3 Å². The lowest BCUT2D eigenvalue weighted by molar-refractivity contribution is -0.130. The summed E-state index contributed by atoms with van der Waals surface area (Å²) in [5.41, 5.74) is 0.243. The first-order valence-electron chi connectivity index (χ1n) is 8.79. The summed E-state index contributed by atoms with van der Waals surface area (Å²) in [7, 11) is 0. The number of benzene rings is 1. The van der Waals surface area contributed by atoms with Gasteiger partial charge in [0.05, 0.1) is 26.4 Å². The van der Waals surface area contributed by atoms with Crippen LogP contribution >= 0.6 is 0 Å². The standard InChI is InChI=1S/C17H20O6.C3H8O3/c1-6-14(18)22-12-9-10-13(23-17(19)11(4)5)16(21-8-3)15(12)20-7-2;4-1-3(6)2-5/h6,9-10H,1,4,7-8H2,2-3,5H3;3-6H,1-2H2. The topological polar surface area (TPSA) is 132 Å². The molecule has 0 heterocycles. The van der Waals surface area contributed by atoms with Gasteiger partial charge in [0, 0.05) is 11.6 Å². The van der Waals surface area contributed by atoms with E-state index in [1.807, 2.05) is 0 Å². The molecule has 0 aromatic heterocycles. The van der Waals surface area contributed by atoms with E-state index in [-0.39, 0.29) is 41.8 Å². The van der Waals surface area contributed by atoms with Gasteiger partial charge >= 0.3 is 11.9 Å². The highest BCUT2D eigenvalue weighted by molar-refractivity contribution is 5.89. The maximum absolute atomic E-state index is 11.7. The molecule has 29 heavy (non-hydrogen) atoms. The largest absolute Gasteiger partial charge is 0.487 e. The fraction of sp³-hybridized carbons (Fsp3) is 0.400. The minimum atomic E-state index is -0.954. The molecule has 0 unspecified atom stereocenters. The van der Waals surface area contributed by atoms with Crippen molar-refractivity contribution in [2.75, 3.05) is 26.4 Å². The maximum atomic E-state index is 11.7. The van der Waals surface area contributed by atoms with Gasteiger partial charge in [-0.15, -0.1) is 0 Å². The monoisotopic (exact) mass is 412 g/mol. The van der Waals surface area contributed by atoms with E-state index < -0.39 is 18.0 Å². The summed E-state index contributed by atoms with van der Waals surface area (Å²) < 4.78 is 21.4. The number of esters is 2. The smallest absolute Gasteiger partial charge is 0.338 e. The Kier molecular flexibility index (Phi) is 12.8. The second kappa shape index (κ2) is 14.2. The fourth-order valence-electron chi connectivity index (χ4n) is 1.64. The predicted octanol–water partition coefficient (Wildman–Crippen LogP) is 1.39. The van der Waals surface area contributed by atoms with E-state index in [1.165, 1.54) is 19.1 Å². The van der Waals surface area contributed by atoms with Gasteiger partial charge in [-0.25, -0.2) is 9.59 Å². The summed E-state index contributed by atoms with van der Waals surface area (Å²) >= 11 is 0. The van der Waals surface area contributed by atoms with E-state index in [2.05, 4.69) is 13.2 Å². The van der Waals surface area contributed by atoms with Crippen molar-refractivity contribution in [1.82, 2.24) is 0 Å². The highest BCUT2D eigenvalue weighted by atomic mass is 16.6. The van der Waals surface area contributed by atoms with Gasteiger partial charge in [0.1, 0.15) is 6.10 Å². The van der Waals surface area contributed by atoms with Crippen LogP contribution in [0.1, 0.15) is 20.8 Å². The molecule has 0 fully saturated rings. The molecule has 9 heteroatoms. The number of ether oxygens (including phenoxy) is 4. The van der Waals surface area contributed by atoms with Gasteiger partial charge in [0.2, 0.25) is 11.5 Å². The molecule has 0 aliphatic heterocycles. The number of rotatable bonds is 10. The number of aliphatic hydroxyl groups is 3. The normalized spacial score (nSPS) is 9.76. The van der Waals surface area contributed by atoms with E-state index >= 15 is 0 Å². The van der Waals surface area contributed by atoms with Crippen molar-refractivity contribution in [3.63, 3.8) is 0 Å². The average molecular weight is 412 g/mol. The van der Waals surface area contributed by atoms with E-state index in [1.54, 1.807) is 13.8 Å². The summed E-state index contributed by atoms with van der Waals surface area (Å²) in [6.45, 7) is 11.8. The molecule has 0 amide bonds. The van der Waals surface area contributed by atoms with Crippen LogP contribution in [0, 0.1) is 0 Å². The Bertz CT molecular complexity index is 693. The zero-order valence-corrected chi connectivity index (χ0v) is 16.8. The Morgan fingerprint density at radius 1 is 1.03 bits per heavy atom. The summed E-state index contributed by atoms with van der Waals surface area (Å²) in [6, 6.07) is 2.91. The number of carbonyl (C=O) groups excluding carboxylic acids is 2. The molecule has 162 valence electrons. The zero-order chi connectivity index (χ0) is 22.4. The lowest BCUT2D eigenvalue weighted by atomic mass is 10.2. The molecule has 0 saturated carbocycles. The molecule has 1 aromatic carbocycles. The van der Waals surface area contributed by atoms with Crippen molar-refractivity contribution in [2.24, 2.45) is 0 Å².